The first-order chi connectivity index (χ1) is 9.65. The summed E-state index contributed by atoms with van der Waals surface area (Å²) in [4.78, 5) is 14.3. The van der Waals surface area contributed by atoms with E-state index in [1.165, 1.54) is 23.5 Å². The van der Waals surface area contributed by atoms with Gasteiger partial charge in [0.1, 0.15) is 0 Å². The molecular formula is C16H19N3O. The van der Waals surface area contributed by atoms with Crippen LogP contribution in [0.15, 0.2) is 34.9 Å². The molecule has 3 rings (SSSR count). The number of anilines is 1. The van der Waals surface area contributed by atoms with Gasteiger partial charge >= 0.3 is 0 Å². The maximum atomic E-state index is 11.9. The van der Waals surface area contributed by atoms with E-state index in [1.54, 1.807) is 7.05 Å². The molecule has 4 heteroatoms. The van der Waals surface area contributed by atoms with E-state index in [-0.39, 0.29) is 5.91 Å². The maximum Gasteiger partial charge on any atom is 0.275 e. The predicted molar refractivity (Wildman–Crippen MR) is 81.7 cm³/mol. The number of carbonyl (C=O) groups excluding carboxylic acids is 1. The third kappa shape index (κ3) is 2.33. The summed E-state index contributed by atoms with van der Waals surface area (Å²) in [7, 11) is 1.68. The van der Waals surface area contributed by atoms with Crippen LogP contribution in [0.2, 0.25) is 0 Å². The second kappa shape index (κ2) is 5.12. The van der Waals surface area contributed by atoms with Crippen molar-refractivity contribution in [3.63, 3.8) is 0 Å². The molecule has 2 aliphatic rings. The second-order valence-corrected chi connectivity index (χ2v) is 5.36. The highest BCUT2D eigenvalue weighted by Gasteiger charge is 2.24. The largest absolute Gasteiger partial charge is 0.372 e. The fourth-order valence-electron chi connectivity index (χ4n) is 2.74. The topological polar surface area (TPSA) is 35.9 Å². The van der Waals surface area contributed by atoms with E-state index in [9.17, 15) is 4.79 Å². The average Bonchev–Trinajstić information content (AvgIpc) is 3.05. The molecule has 0 saturated carbocycles. The fraction of sp³-hybridized carbons (Fsp3) is 0.375. The summed E-state index contributed by atoms with van der Waals surface area (Å²) in [5, 5.41) is 5.54. The number of carbonyl (C=O) groups is 1. The molecule has 0 aliphatic carbocycles. The first kappa shape index (κ1) is 12.9. The van der Waals surface area contributed by atoms with Crippen molar-refractivity contribution in [3.05, 3.63) is 35.4 Å². The van der Waals surface area contributed by atoms with Gasteiger partial charge in [0.25, 0.3) is 5.91 Å². The lowest BCUT2D eigenvalue weighted by molar-refractivity contribution is -0.124. The molecule has 20 heavy (non-hydrogen) atoms. The van der Waals surface area contributed by atoms with Gasteiger partial charge in [-0.05, 0) is 43.5 Å². The molecule has 4 nitrogen and oxygen atoms in total. The number of hydrogen-bond acceptors (Lipinski definition) is 3. The maximum absolute atomic E-state index is 11.9. The highest BCUT2D eigenvalue weighted by atomic mass is 16.2. The summed E-state index contributed by atoms with van der Waals surface area (Å²) in [6, 6.07) is 8.40. The Morgan fingerprint density at radius 1 is 1.15 bits per heavy atom. The van der Waals surface area contributed by atoms with Crippen LogP contribution in [0, 0.1) is 0 Å². The van der Waals surface area contributed by atoms with Gasteiger partial charge in [-0.3, -0.25) is 4.79 Å². The number of likely N-dealkylation sites (N-methyl/N-ethyl adjacent to an activating group) is 1. The van der Waals surface area contributed by atoms with Gasteiger partial charge in [-0.25, -0.2) is 5.01 Å². The molecule has 0 bridgehead atoms. The molecule has 1 amide bonds. The minimum Gasteiger partial charge on any atom is -0.372 e. The Bertz CT molecular complexity index is 580. The molecule has 0 radical (unpaired) electrons. The van der Waals surface area contributed by atoms with E-state index < -0.39 is 0 Å². The Labute approximate surface area is 119 Å². The van der Waals surface area contributed by atoms with Crippen molar-refractivity contribution in [2.45, 2.75) is 19.8 Å². The van der Waals surface area contributed by atoms with Crippen LogP contribution < -0.4 is 4.90 Å². The molecule has 0 N–H and O–H groups in total. The van der Waals surface area contributed by atoms with Gasteiger partial charge in [0.05, 0.1) is 11.3 Å². The Balaban J connectivity index is 1.81. The Hall–Kier alpha value is -2.10. The van der Waals surface area contributed by atoms with Crippen molar-refractivity contribution in [1.82, 2.24) is 5.01 Å². The van der Waals surface area contributed by atoms with Gasteiger partial charge in [-0.15, -0.1) is 0 Å². The molecule has 2 aliphatic heterocycles. The van der Waals surface area contributed by atoms with Crippen LogP contribution in [0.5, 0.6) is 0 Å². The lowest BCUT2D eigenvalue weighted by atomic mass is 10.1. The van der Waals surface area contributed by atoms with Gasteiger partial charge in [-0.1, -0.05) is 12.1 Å². The molecule has 0 atom stereocenters. The first-order valence-electron chi connectivity index (χ1n) is 7.05. The average molecular weight is 269 g/mol. The lowest BCUT2D eigenvalue weighted by Gasteiger charge is -2.17. The summed E-state index contributed by atoms with van der Waals surface area (Å²) in [5.41, 5.74) is 3.77. The van der Waals surface area contributed by atoms with Crippen molar-refractivity contribution in [3.8, 4) is 0 Å². The smallest absolute Gasteiger partial charge is 0.275 e. The lowest BCUT2D eigenvalue weighted by Crippen LogP contribution is -2.17. The van der Waals surface area contributed by atoms with E-state index in [2.05, 4.69) is 34.3 Å². The van der Waals surface area contributed by atoms with Crippen LogP contribution in [-0.2, 0) is 4.79 Å². The molecule has 1 fully saturated rings. The monoisotopic (exact) mass is 269 g/mol. The standard InChI is InChI=1S/C16H19N3O/c1-12-15(16(20)18(2)17-12)11-13-5-7-14(8-6-13)19-9-3-4-10-19/h5-8,11H,3-4,9-10H2,1-2H3. The number of hydrazone groups is 1. The molecule has 1 aromatic rings. The number of rotatable bonds is 2. The number of benzene rings is 1. The van der Waals surface area contributed by atoms with Crippen LogP contribution in [0.4, 0.5) is 5.69 Å². The summed E-state index contributed by atoms with van der Waals surface area (Å²) in [6.45, 7) is 4.16. The zero-order chi connectivity index (χ0) is 14.1. The van der Waals surface area contributed by atoms with Crippen molar-refractivity contribution in [1.29, 1.82) is 0 Å². The van der Waals surface area contributed by atoms with E-state index in [4.69, 9.17) is 0 Å². The normalized spacial score (nSPS) is 21.0. The van der Waals surface area contributed by atoms with Gasteiger partial charge in [-0.2, -0.15) is 5.10 Å². The first-order valence-corrected chi connectivity index (χ1v) is 7.05. The minimum absolute atomic E-state index is 0.0360. The molecule has 1 aromatic carbocycles. The Morgan fingerprint density at radius 3 is 2.35 bits per heavy atom. The molecular weight excluding hydrogens is 250 g/mol. The number of amides is 1. The highest BCUT2D eigenvalue weighted by molar-refractivity contribution is 6.26. The van der Waals surface area contributed by atoms with Crippen molar-refractivity contribution < 1.29 is 4.79 Å². The quantitative estimate of drug-likeness (QED) is 0.773. The molecule has 1 saturated heterocycles. The number of nitrogens with zero attached hydrogens (tertiary/aromatic N) is 3. The van der Waals surface area contributed by atoms with E-state index in [0.29, 0.717) is 5.57 Å². The van der Waals surface area contributed by atoms with Crippen LogP contribution in [-0.4, -0.2) is 36.8 Å². The Kier molecular flexibility index (Phi) is 3.30. The SMILES string of the molecule is CC1=NN(C)C(=O)C1=Cc1ccc(N2CCCC2)cc1. The third-order valence-corrected chi connectivity index (χ3v) is 3.89. The van der Waals surface area contributed by atoms with Crippen LogP contribution in [0.25, 0.3) is 6.08 Å². The molecule has 0 aromatic heterocycles. The summed E-state index contributed by atoms with van der Waals surface area (Å²) < 4.78 is 0. The summed E-state index contributed by atoms with van der Waals surface area (Å²) in [6.07, 6.45) is 4.48. The van der Waals surface area contributed by atoms with Crippen molar-refractivity contribution in [2.24, 2.45) is 5.10 Å². The van der Waals surface area contributed by atoms with E-state index in [1.807, 2.05) is 13.0 Å². The minimum atomic E-state index is -0.0360. The van der Waals surface area contributed by atoms with Crippen molar-refractivity contribution >= 4 is 23.4 Å². The fourth-order valence-corrected chi connectivity index (χ4v) is 2.74. The third-order valence-electron chi connectivity index (χ3n) is 3.89. The van der Waals surface area contributed by atoms with Gasteiger partial charge in [0, 0.05) is 25.8 Å². The van der Waals surface area contributed by atoms with E-state index in [0.717, 1.165) is 24.4 Å². The van der Waals surface area contributed by atoms with Gasteiger partial charge < -0.3 is 4.90 Å². The highest BCUT2D eigenvalue weighted by Crippen LogP contribution is 2.22. The molecule has 104 valence electrons. The van der Waals surface area contributed by atoms with Crippen LogP contribution >= 0.6 is 0 Å². The van der Waals surface area contributed by atoms with E-state index >= 15 is 0 Å². The molecule has 0 unspecified atom stereocenters. The number of hydrogen-bond donors (Lipinski definition) is 0. The van der Waals surface area contributed by atoms with Crippen molar-refractivity contribution in [2.75, 3.05) is 25.0 Å². The van der Waals surface area contributed by atoms with Crippen LogP contribution in [0.3, 0.4) is 0 Å². The molecule has 0 spiro atoms. The zero-order valence-electron chi connectivity index (χ0n) is 12.0. The molecule has 2 heterocycles. The van der Waals surface area contributed by atoms with Gasteiger partial charge in [0.15, 0.2) is 0 Å². The summed E-state index contributed by atoms with van der Waals surface area (Å²) in [5.74, 6) is -0.0360. The Morgan fingerprint density at radius 2 is 1.80 bits per heavy atom. The zero-order valence-corrected chi connectivity index (χ0v) is 12.0. The predicted octanol–water partition coefficient (Wildman–Crippen LogP) is 2.52. The summed E-state index contributed by atoms with van der Waals surface area (Å²) >= 11 is 0. The van der Waals surface area contributed by atoms with Gasteiger partial charge in [0.2, 0.25) is 0 Å². The van der Waals surface area contributed by atoms with Crippen LogP contribution in [0.1, 0.15) is 25.3 Å². The second-order valence-electron chi connectivity index (χ2n) is 5.36.